The maximum absolute atomic E-state index is 14.0. The zero-order valence-corrected chi connectivity index (χ0v) is 16.7. The Morgan fingerprint density at radius 3 is 2.62 bits per heavy atom. The van der Waals surface area contributed by atoms with Gasteiger partial charge in [-0.05, 0) is 43.2 Å². The van der Waals surface area contributed by atoms with Crippen LogP contribution in [0.4, 0.5) is 4.39 Å². The number of hydrogen-bond acceptors (Lipinski definition) is 4. The third-order valence-electron chi connectivity index (χ3n) is 4.42. The van der Waals surface area contributed by atoms with E-state index < -0.39 is 15.8 Å². The van der Waals surface area contributed by atoms with Gasteiger partial charge in [0, 0.05) is 17.1 Å². The van der Waals surface area contributed by atoms with E-state index in [1.54, 1.807) is 18.2 Å². The highest BCUT2D eigenvalue weighted by Gasteiger charge is 2.23. The molecule has 2 aromatic carbocycles. The molecule has 0 saturated carbocycles. The molecule has 1 aromatic heterocycles. The molecule has 0 atom stereocenters. The van der Waals surface area contributed by atoms with Crippen molar-refractivity contribution in [2.75, 3.05) is 0 Å². The molecule has 0 spiro atoms. The van der Waals surface area contributed by atoms with Gasteiger partial charge in [-0.1, -0.05) is 31.5 Å². The van der Waals surface area contributed by atoms with E-state index >= 15 is 0 Å². The minimum atomic E-state index is -3.94. The molecule has 0 aliphatic rings. The van der Waals surface area contributed by atoms with Gasteiger partial charge in [0.1, 0.15) is 5.82 Å². The van der Waals surface area contributed by atoms with Crippen LogP contribution in [0.15, 0.2) is 64.7 Å². The van der Waals surface area contributed by atoms with Crippen molar-refractivity contribution in [3.8, 4) is 0 Å². The third-order valence-corrected chi connectivity index (χ3v) is 6.11. The van der Waals surface area contributed by atoms with Crippen LogP contribution in [0.5, 0.6) is 0 Å². The number of unbranched alkanes of at least 4 members (excludes halogenated alkanes) is 1. The quantitative estimate of drug-likeness (QED) is 0.312. The molecular weight excluding hydrogens is 393 g/mol. The minimum absolute atomic E-state index is 0.0987. The predicted octanol–water partition coefficient (Wildman–Crippen LogP) is 3.39. The van der Waals surface area contributed by atoms with E-state index in [9.17, 15) is 12.8 Å². The van der Waals surface area contributed by atoms with Crippen LogP contribution >= 0.6 is 0 Å². The summed E-state index contributed by atoms with van der Waals surface area (Å²) in [5.74, 6) is -0.869. The standard InChI is InChI=1S/C20H22FN5O2S/c1-2-3-9-18(24-25-20(22)23)17-13-26(19-12-14(21)10-11-16(17)19)29(27,28)15-7-5-4-6-8-15/h4-8,10-13H,2-3,9H2,1H3,(H4,22,23,25)/b24-18+. The molecule has 0 saturated heterocycles. The van der Waals surface area contributed by atoms with Gasteiger partial charge in [-0.15, -0.1) is 0 Å². The topological polar surface area (TPSA) is 113 Å². The van der Waals surface area contributed by atoms with Gasteiger partial charge >= 0.3 is 0 Å². The van der Waals surface area contributed by atoms with E-state index in [-0.39, 0.29) is 16.4 Å². The van der Waals surface area contributed by atoms with Crippen LogP contribution in [0.2, 0.25) is 0 Å². The highest BCUT2D eigenvalue weighted by molar-refractivity contribution is 7.90. The van der Waals surface area contributed by atoms with E-state index in [1.807, 2.05) is 6.92 Å². The van der Waals surface area contributed by atoms with Crippen LogP contribution in [0.3, 0.4) is 0 Å². The molecule has 29 heavy (non-hydrogen) atoms. The molecular formula is C20H22FN5O2S. The summed E-state index contributed by atoms with van der Waals surface area (Å²) in [6, 6.07) is 12.0. The lowest BCUT2D eigenvalue weighted by Crippen LogP contribution is -2.27. The molecule has 0 bridgehead atoms. The van der Waals surface area contributed by atoms with E-state index in [0.29, 0.717) is 23.1 Å². The lowest BCUT2D eigenvalue weighted by molar-refractivity contribution is 0.589. The smallest absolute Gasteiger partial charge is 0.268 e. The molecule has 152 valence electrons. The predicted molar refractivity (Wildman–Crippen MR) is 112 cm³/mol. The summed E-state index contributed by atoms with van der Waals surface area (Å²) in [6.07, 6.45) is 3.69. The van der Waals surface area contributed by atoms with Gasteiger partial charge in [-0.3, -0.25) is 5.41 Å². The van der Waals surface area contributed by atoms with Crippen molar-refractivity contribution >= 4 is 32.6 Å². The van der Waals surface area contributed by atoms with Gasteiger partial charge in [0.25, 0.3) is 10.0 Å². The number of nitrogens with two attached hydrogens (primary N) is 1. The van der Waals surface area contributed by atoms with E-state index in [4.69, 9.17) is 11.1 Å². The number of halogens is 1. The molecule has 0 fully saturated rings. The summed E-state index contributed by atoms with van der Waals surface area (Å²) in [4.78, 5) is 0.0987. The molecule has 0 unspecified atom stereocenters. The Balaban J connectivity index is 2.24. The summed E-state index contributed by atoms with van der Waals surface area (Å²) in [5, 5.41) is 12.1. The molecule has 0 radical (unpaired) electrons. The van der Waals surface area contributed by atoms with Gasteiger partial charge in [-0.2, -0.15) is 5.10 Å². The van der Waals surface area contributed by atoms with Crippen molar-refractivity contribution in [3.63, 3.8) is 0 Å². The summed E-state index contributed by atoms with van der Waals surface area (Å²) in [6.45, 7) is 2.02. The Morgan fingerprint density at radius 1 is 1.24 bits per heavy atom. The summed E-state index contributed by atoms with van der Waals surface area (Å²) in [5.41, 5.74) is 9.07. The average molecular weight is 415 g/mol. The Kier molecular flexibility index (Phi) is 5.97. The van der Waals surface area contributed by atoms with Crippen LogP contribution < -0.4 is 11.2 Å². The number of aromatic nitrogens is 1. The molecule has 9 heteroatoms. The number of nitrogens with one attached hydrogen (secondary N) is 2. The van der Waals surface area contributed by atoms with Crippen molar-refractivity contribution in [2.24, 2.45) is 10.8 Å². The fourth-order valence-corrected chi connectivity index (χ4v) is 4.41. The lowest BCUT2D eigenvalue weighted by Gasteiger charge is -2.07. The Labute approximate surface area is 168 Å². The Morgan fingerprint density at radius 2 is 1.97 bits per heavy atom. The second-order valence-corrected chi connectivity index (χ2v) is 8.32. The maximum Gasteiger partial charge on any atom is 0.268 e. The number of guanidine groups is 1. The minimum Gasteiger partial charge on any atom is -0.369 e. The molecule has 4 N–H and O–H groups in total. The number of hydrogen-bond donors (Lipinski definition) is 3. The van der Waals surface area contributed by atoms with Crippen molar-refractivity contribution in [3.05, 3.63) is 66.1 Å². The summed E-state index contributed by atoms with van der Waals surface area (Å²) < 4.78 is 41.5. The van der Waals surface area contributed by atoms with Crippen molar-refractivity contribution < 1.29 is 12.8 Å². The first-order valence-electron chi connectivity index (χ1n) is 9.12. The Hall–Kier alpha value is -3.20. The number of fused-ring (bicyclic) bond motifs is 1. The normalized spacial score (nSPS) is 12.3. The van der Waals surface area contributed by atoms with Crippen LogP contribution in [0, 0.1) is 11.2 Å². The maximum atomic E-state index is 14.0. The van der Waals surface area contributed by atoms with Crippen molar-refractivity contribution in [2.45, 2.75) is 31.1 Å². The fourth-order valence-electron chi connectivity index (χ4n) is 3.03. The van der Waals surface area contributed by atoms with E-state index in [2.05, 4.69) is 10.5 Å². The number of benzene rings is 2. The van der Waals surface area contributed by atoms with Gasteiger partial charge in [0.05, 0.1) is 16.1 Å². The first-order chi connectivity index (χ1) is 13.8. The Bertz CT molecular complexity index is 1170. The zero-order chi connectivity index (χ0) is 21.0. The fraction of sp³-hybridized carbons (Fsp3) is 0.200. The molecule has 0 aliphatic carbocycles. The van der Waals surface area contributed by atoms with Gasteiger partial charge in [-0.25, -0.2) is 22.2 Å². The summed E-state index contributed by atoms with van der Waals surface area (Å²) in [7, 11) is -3.94. The number of nitrogens with zero attached hydrogens (tertiary/aromatic N) is 2. The largest absolute Gasteiger partial charge is 0.369 e. The molecule has 3 aromatic rings. The summed E-state index contributed by atoms with van der Waals surface area (Å²) >= 11 is 0. The molecule has 0 aliphatic heterocycles. The number of rotatable bonds is 7. The highest BCUT2D eigenvalue weighted by Crippen LogP contribution is 2.28. The van der Waals surface area contributed by atoms with Gasteiger partial charge in [0.15, 0.2) is 0 Å². The SMILES string of the molecule is CCCC/C(=N\NC(=N)N)c1cn(S(=O)(=O)c2ccccc2)c2cc(F)ccc12. The second-order valence-electron chi connectivity index (χ2n) is 6.51. The third kappa shape index (κ3) is 4.29. The lowest BCUT2D eigenvalue weighted by atomic mass is 10.0. The zero-order valence-electron chi connectivity index (χ0n) is 15.9. The molecule has 1 heterocycles. The van der Waals surface area contributed by atoms with Crippen LogP contribution in [0.25, 0.3) is 10.9 Å². The van der Waals surface area contributed by atoms with Crippen LogP contribution in [0.1, 0.15) is 31.7 Å². The second kappa shape index (κ2) is 8.44. The van der Waals surface area contributed by atoms with E-state index in [0.717, 1.165) is 16.8 Å². The first kappa shape index (κ1) is 20.5. The highest BCUT2D eigenvalue weighted by atomic mass is 32.2. The van der Waals surface area contributed by atoms with Crippen LogP contribution in [-0.2, 0) is 10.0 Å². The molecule has 0 amide bonds. The number of hydrazone groups is 1. The van der Waals surface area contributed by atoms with E-state index in [1.165, 1.54) is 36.5 Å². The molecule has 7 nitrogen and oxygen atoms in total. The first-order valence-corrected chi connectivity index (χ1v) is 10.6. The average Bonchev–Trinajstić information content (AvgIpc) is 3.08. The van der Waals surface area contributed by atoms with Crippen molar-refractivity contribution in [1.82, 2.24) is 9.40 Å². The van der Waals surface area contributed by atoms with Crippen molar-refractivity contribution in [1.29, 1.82) is 5.41 Å². The van der Waals surface area contributed by atoms with Gasteiger partial charge in [0.2, 0.25) is 5.96 Å². The van der Waals surface area contributed by atoms with Crippen LogP contribution in [-0.4, -0.2) is 24.1 Å². The van der Waals surface area contributed by atoms with Gasteiger partial charge < -0.3 is 5.73 Å². The monoisotopic (exact) mass is 415 g/mol. The molecule has 3 rings (SSSR count).